The Balaban J connectivity index is 2.19. The number of benzene rings is 1. The van der Waals surface area contributed by atoms with E-state index in [-0.39, 0.29) is 11.8 Å². The molecule has 1 aromatic carbocycles. The number of nitrogens with zero attached hydrogens (tertiary/aromatic N) is 1. The summed E-state index contributed by atoms with van der Waals surface area (Å²) in [7, 11) is 1.72. The van der Waals surface area contributed by atoms with E-state index in [0.29, 0.717) is 6.04 Å². The maximum absolute atomic E-state index is 11.9. The van der Waals surface area contributed by atoms with Gasteiger partial charge in [-0.15, -0.1) is 0 Å². The summed E-state index contributed by atoms with van der Waals surface area (Å²) in [5.74, 6) is 0.267. The summed E-state index contributed by atoms with van der Waals surface area (Å²) < 4.78 is 0. The highest BCUT2D eigenvalue weighted by molar-refractivity contribution is 5.79. The Morgan fingerprint density at radius 3 is 2.90 bits per heavy atom. The molecule has 0 saturated carbocycles. The van der Waals surface area contributed by atoms with E-state index in [0.717, 1.165) is 32.5 Å². The predicted molar refractivity (Wildman–Crippen MR) is 87.5 cm³/mol. The molecule has 2 unspecified atom stereocenters. The summed E-state index contributed by atoms with van der Waals surface area (Å²) in [6, 6.07) is 8.86. The lowest BCUT2D eigenvalue weighted by molar-refractivity contribution is -0.124. The molecule has 4 heteroatoms. The Morgan fingerprint density at radius 2 is 2.19 bits per heavy atom. The molecule has 1 aliphatic rings. The molecule has 116 valence electrons. The highest BCUT2D eigenvalue weighted by Crippen LogP contribution is 2.30. The van der Waals surface area contributed by atoms with Crippen LogP contribution in [0.5, 0.6) is 0 Å². The van der Waals surface area contributed by atoms with Crippen molar-refractivity contribution < 1.29 is 4.79 Å². The van der Waals surface area contributed by atoms with Crippen molar-refractivity contribution >= 4 is 11.6 Å². The molecule has 0 aliphatic carbocycles. The molecule has 1 aromatic rings. The first-order valence-electron chi connectivity index (χ1n) is 7.96. The van der Waals surface area contributed by atoms with Crippen LogP contribution in [0.25, 0.3) is 0 Å². The van der Waals surface area contributed by atoms with Gasteiger partial charge in [0.1, 0.15) is 0 Å². The molecule has 1 aliphatic heterocycles. The largest absolute Gasteiger partial charge is 0.370 e. The number of carbonyl (C=O) groups excluding carboxylic acids is 1. The number of hydrogen-bond donors (Lipinski definition) is 2. The molecule has 2 N–H and O–H groups in total. The predicted octanol–water partition coefficient (Wildman–Crippen LogP) is 2.32. The van der Waals surface area contributed by atoms with Crippen molar-refractivity contribution in [1.29, 1.82) is 0 Å². The van der Waals surface area contributed by atoms with Crippen molar-refractivity contribution in [3.05, 3.63) is 29.8 Å². The second kappa shape index (κ2) is 7.46. The zero-order chi connectivity index (χ0) is 15.2. The maximum atomic E-state index is 11.9. The number of rotatable bonds is 5. The lowest BCUT2D eigenvalue weighted by Gasteiger charge is -2.35. The van der Waals surface area contributed by atoms with Crippen molar-refractivity contribution in [1.82, 2.24) is 10.6 Å². The van der Waals surface area contributed by atoms with Crippen LogP contribution >= 0.6 is 0 Å². The molecule has 4 nitrogen and oxygen atoms in total. The Kier molecular flexibility index (Phi) is 5.62. The maximum Gasteiger partial charge on any atom is 0.224 e. The zero-order valence-corrected chi connectivity index (χ0v) is 13.4. The molecule has 0 spiro atoms. The normalized spacial score (nSPS) is 20.1. The van der Waals surface area contributed by atoms with E-state index in [1.807, 2.05) is 0 Å². The Labute approximate surface area is 127 Å². The van der Waals surface area contributed by atoms with Gasteiger partial charge in [-0.3, -0.25) is 4.79 Å². The minimum absolute atomic E-state index is 0.103. The van der Waals surface area contributed by atoms with E-state index >= 15 is 0 Å². The van der Waals surface area contributed by atoms with Crippen molar-refractivity contribution in [2.45, 2.75) is 32.7 Å². The van der Waals surface area contributed by atoms with Crippen LogP contribution in [-0.4, -0.2) is 32.6 Å². The van der Waals surface area contributed by atoms with E-state index < -0.39 is 0 Å². The van der Waals surface area contributed by atoms with Crippen LogP contribution in [0.4, 0.5) is 5.69 Å². The molecule has 0 aromatic heterocycles. The van der Waals surface area contributed by atoms with Crippen molar-refractivity contribution in [3.8, 4) is 0 Å². The van der Waals surface area contributed by atoms with Crippen molar-refractivity contribution in [2.75, 3.05) is 31.6 Å². The first kappa shape index (κ1) is 15.8. The standard InChI is InChI=1S/C17H27N3O/c1-4-19-13(2)15-9-5-6-10-16(15)20-11-7-8-14(12-20)17(21)18-3/h5-6,9-10,13-14,19H,4,7-8,11-12H2,1-3H3,(H,18,21). The zero-order valence-electron chi connectivity index (χ0n) is 13.4. The van der Waals surface area contributed by atoms with Gasteiger partial charge in [0.25, 0.3) is 0 Å². The number of nitrogens with one attached hydrogen (secondary N) is 2. The molecule has 2 atom stereocenters. The average molecular weight is 289 g/mol. The molecule has 2 rings (SSSR count). The second-order valence-corrected chi connectivity index (χ2v) is 5.74. The van der Waals surface area contributed by atoms with Gasteiger partial charge in [-0.25, -0.2) is 0 Å². The Bertz CT molecular complexity index is 475. The van der Waals surface area contributed by atoms with Gasteiger partial charge in [-0.2, -0.15) is 0 Å². The van der Waals surface area contributed by atoms with Gasteiger partial charge in [0, 0.05) is 31.9 Å². The van der Waals surface area contributed by atoms with Gasteiger partial charge in [0.2, 0.25) is 5.91 Å². The van der Waals surface area contributed by atoms with E-state index in [2.05, 4.69) is 53.6 Å². The van der Waals surface area contributed by atoms with E-state index in [4.69, 9.17) is 0 Å². The average Bonchev–Trinajstić information content (AvgIpc) is 2.54. The highest BCUT2D eigenvalue weighted by atomic mass is 16.1. The third-order valence-corrected chi connectivity index (χ3v) is 4.29. The quantitative estimate of drug-likeness (QED) is 0.874. The lowest BCUT2D eigenvalue weighted by Crippen LogP contribution is -2.42. The summed E-state index contributed by atoms with van der Waals surface area (Å²) in [6.07, 6.45) is 2.06. The molecule has 1 fully saturated rings. The number of piperidine rings is 1. The molecule has 0 radical (unpaired) electrons. The van der Waals surface area contributed by atoms with Gasteiger partial charge >= 0.3 is 0 Å². The minimum Gasteiger partial charge on any atom is -0.370 e. The van der Waals surface area contributed by atoms with Crippen LogP contribution in [0.1, 0.15) is 38.3 Å². The molecular weight excluding hydrogens is 262 g/mol. The molecule has 1 amide bonds. The Morgan fingerprint density at radius 1 is 1.43 bits per heavy atom. The fourth-order valence-electron chi connectivity index (χ4n) is 3.17. The van der Waals surface area contributed by atoms with E-state index in [9.17, 15) is 4.79 Å². The monoisotopic (exact) mass is 289 g/mol. The van der Waals surface area contributed by atoms with E-state index in [1.165, 1.54) is 11.3 Å². The third-order valence-electron chi connectivity index (χ3n) is 4.29. The fraction of sp³-hybridized carbons (Fsp3) is 0.588. The van der Waals surface area contributed by atoms with Gasteiger partial charge in [-0.1, -0.05) is 25.1 Å². The van der Waals surface area contributed by atoms with Crippen LogP contribution in [0.2, 0.25) is 0 Å². The first-order chi connectivity index (χ1) is 10.2. The number of hydrogen-bond acceptors (Lipinski definition) is 3. The summed E-state index contributed by atoms with van der Waals surface area (Å²) in [4.78, 5) is 14.3. The highest BCUT2D eigenvalue weighted by Gasteiger charge is 2.26. The second-order valence-electron chi connectivity index (χ2n) is 5.74. The number of carbonyl (C=O) groups is 1. The van der Waals surface area contributed by atoms with Crippen LogP contribution < -0.4 is 15.5 Å². The van der Waals surface area contributed by atoms with E-state index in [1.54, 1.807) is 7.05 Å². The van der Waals surface area contributed by atoms with Gasteiger partial charge in [-0.05, 0) is 37.9 Å². The molecular formula is C17H27N3O. The van der Waals surface area contributed by atoms with Crippen LogP contribution in [0, 0.1) is 5.92 Å². The first-order valence-corrected chi connectivity index (χ1v) is 7.96. The number of amides is 1. The smallest absolute Gasteiger partial charge is 0.224 e. The number of anilines is 1. The molecule has 1 heterocycles. The Hall–Kier alpha value is -1.55. The third kappa shape index (κ3) is 3.76. The topological polar surface area (TPSA) is 44.4 Å². The van der Waals surface area contributed by atoms with Crippen LogP contribution in [0.15, 0.2) is 24.3 Å². The van der Waals surface area contributed by atoms with Gasteiger partial charge in [0.05, 0.1) is 5.92 Å². The fourth-order valence-corrected chi connectivity index (χ4v) is 3.17. The van der Waals surface area contributed by atoms with Gasteiger partial charge < -0.3 is 15.5 Å². The lowest BCUT2D eigenvalue weighted by atomic mass is 9.95. The minimum atomic E-state index is 0.103. The number of para-hydroxylation sites is 1. The SMILES string of the molecule is CCNC(C)c1ccccc1N1CCCC(C(=O)NC)C1. The molecule has 0 bridgehead atoms. The van der Waals surface area contributed by atoms with Crippen molar-refractivity contribution in [2.24, 2.45) is 5.92 Å². The molecule has 21 heavy (non-hydrogen) atoms. The molecule has 1 saturated heterocycles. The van der Waals surface area contributed by atoms with Gasteiger partial charge in [0.15, 0.2) is 0 Å². The summed E-state index contributed by atoms with van der Waals surface area (Å²) in [5.41, 5.74) is 2.58. The van der Waals surface area contributed by atoms with Crippen LogP contribution in [-0.2, 0) is 4.79 Å². The van der Waals surface area contributed by atoms with Crippen LogP contribution in [0.3, 0.4) is 0 Å². The summed E-state index contributed by atoms with van der Waals surface area (Å²) in [5, 5.41) is 6.27. The van der Waals surface area contributed by atoms with Crippen molar-refractivity contribution in [3.63, 3.8) is 0 Å². The summed E-state index contributed by atoms with van der Waals surface area (Å²) in [6.45, 7) is 7.12. The summed E-state index contributed by atoms with van der Waals surface area (Å²) >= 11 is 0.